The highest BCUT2D eigenvalue weighted by Crippen LogP contribution is 2.13. The number of alkyl halides is 1. The van der Waals surface area contributed by atoms with Crippen LogP contribution in [-0.4, -0.2) is 19.4 Å². The molecule has 1 nitrogen and oxygen atoms in total. The van der Waals surface area contributed by atoms with Crippen molar-refractivity contribution in [1.82, 2.24) is 0 Å². The second-order valence-electron chi connectivity index (χ2n) is 3.92. The molecule has 0 radical (unpaired) electrons. The summed E-state index contributed by atoms with van der Waals surface area (Å²) in [5, 5.41) is 0. The third-order valence-electron chi connectivity index (χ3n) is 2.49. The molecule has 0 aromatic heterocycles. The fourth-order valence-electron chi connectivity index (χ4n) is 1.24. The predicted molar refractivity (Wildman–Crippen MR) is 57.0 cm³/mol. The van der Waals surface area contributed by atoms with Gasteiger partial charge in [0.1, 0.15) is 6.17 Å². The molecule has 80 valence electrons. The molecule has 0 aliphatic heterocycles. The average Bonchev–Trinajstić information content (AvgIpc) is 2.21. The minimum absolute atomic E-state index is 0.499. The molecular weight excluding hydrogens is 179 g/mol. The number of allylic oxidation sites excluding steroid dienone is 2. The molecule has 1 rings (SSSR count). The van der Waals surface area contributed by atoms with Gasteiger partial charge in [0.15, 0.2) is 0 Å². The lowest BCUT2D eigenvalue weighted by atomic mass is 10.1. The van der Waals surface area contributed by atoms with Gasteiger partial charge in [-0.2, -0.15) is 0 Å². The van der Waals surface area contributed by atoms with Crippen molar-refractivity contribution in [1.29, 1.82) is 0 Å². The predicted octanol–water partition coefficient (Wildman–Crippen LogP) is 3.27. The Morgan fingerprint density at radius 1 is 1.64 bits per heavy atom. The SMILES string of the molecule is CCC(C)COCC1=CCC(F)C=C1. The molecule has 0 heterocycles. The van der Waals surface area contributed by atoms with Gasteiger partial charge in [-0.25, -0.2) is 4.39 Å². The molecule has 0 N–H and O–H groups in total. The summed E-state index contributed by atoms with van der Waals surface area (Å²) >= 11 is 0. The van der Waals surface area contributed by atoms with Crippen LogP contribution in [0.4, 0.5) is 4.39 Å². The topological polar surface area (TPSA) is 9.23 Å². The summed E-state index contributed by atoms with van der Waals surface area (Å²) in [5.41, 5.74) is 1.10. The highest BCUT2D eigenvalue weighted by molar-refractivity contribution is 5.24. The summed E-state index contributed by atoms with van der Waals surface area (Å²) in [7, 11) is 0. The van der Waals surface area contributed by atoms with Crippen LogP contribution in [0.2, 0.25) is 0 Å². The Labute approximate surface area is 85.6 Å². The van der Waals surface area contributed by atoms with E-state index >= 15 is 0 Å². The van der Waals surface area contributed by atoms with E-state index in [1.165, 1.54) is 0 Å². The van der Waals surface area contributed by atoms with E-state index in [0.29, 0.717) is 18.9 Å². The summed E-state index contributed by atoms with van der Waals surface area (Å²) in [6.07, 6.45) is 6.18. The highest BCUT2D eigenvalue weighted by Gasteiger charge is 2.06. The fourth-order valence-corrected chi connectivity index (χ4v) is 1.24. The van der Waals surface area contributed by atoms with Gasteiger partial charge in [0.05, 0.1) is 6.61 Å². The van der Waals surface area contributed by atoms with Crippen molar-refractivity contribution < 1.29 is 9.13 Å². The molecule has 0 saturated carbocycles. The van der Waals surface area contributed by atoms with Gasteiger partial charge >= 0.3 is 0 Å². The smallest absolute Gasteiger partial charge is 0.122 e. The molecule has 1 aliphatic rings. The molecule has 0 saturated heterocycles. The van der Waals surface area contributed by atoms with Crippen LogP contribution in [0.25, 0.3) is 0 Å². The molecule has 1 aliphatic carbocycles. The van der Waals surface area contributed by atoms with Gasteiger partial charge in [0, 0.05) is 13.0 Å². The van der Waals surface area contributed by atoms with Crippen molar-refractivity contribution in [2.75, 3.05) is 13.2 Å². The van der Waals surface area contributed by atoms with Gasteiger partial charge in [-0.05, 0) is 11.5 Å². The molecule has 0 aromatic carbocycles. The summed E-state index contributed by atoms with van der Waals surface area (Å²) in [5.74, 6) is 0.608. The van der Waals surface area contributed by atoms with E-state index in [1.54, 1.807) is 6.08 Å². The van der Waals surface area contributed by atoms with E-state index in [-0.39, 0.29) is 0 Å². The van der Waals surface area contributed by atoms with Crippen LogP contribution in [0.3, 0.4) is 0 Å². The molecule has 0 spiro atoms. The van der Waals surface area contributed by atoms with Gasteiger partial charge < -0.3 is 4.74 Å². The Morgan fingerprint density at radius 2 is 2.43 bits per heavy atom. The highest BCUT2D eigenvalue weighted by atomic mass is 19.1. The third kappa shape index (κ3) is 4.05. The molecule has 0 amide bonds. The molecule has 0 aromatic rings. The second-order valence-corrected chi connectivity index (χ2v) is 3.92. The first kappa shape index (κ1) is 11.4. The zero-order valence-electron chi connectivity index (χ0n) is 9.00. The van der Waals surface area contributed by atoms with E-state index in [1.807, 2.05) is 12.2 Å². The first-order chi connectivity index (χ1) is 6.72. The van der Waals surface area contributed by atoms with Crippen molar-refractivity contribution in [3.8, 4) is 0 Å². The number of hydrogen-bond acceptors (Lipinski definition) is 1. The van der Waals surface area contributed by atoms with Crippen LogP contribution >= 0.6 is 0 Å². The van der Waals surface area contributed by atoms with Crippen molar-refractivity contribution in [3.63, 3.8) is 0 Å². The maximum atomic E-state index is 12.7. The zero-order chi connectivity index (χ0) is 10.4. The Kier molecular flexibility index (Phi) is 4.88. The summed E-state index contributed by atoms with van der Waals surface area (Å²) in [6.45, 7) is 5.73. The molecule has 0 fully saturated rings. The Hall–Kier alpha value is -0.630. The Morgan fingerprint density at radius 3 is 3.00 bits per heavy atom. The van der Waals surface area contributed by atoms with E-state index in [2.05, 4.69) is 13.8 Å². The number of rotatable bonds is 5. The van der Waals surface area contributed by atoms with Crippen LogP contribution in [0, 0.1) is 5.92 Å². The minimum Gasteiger partial charge on any atom is -0.377 e. The van der Waals surface area contributed by atoms with Crippen molar-refractivity contribution in [3.05, 3.63) is 23.8 Å². The van der Waals surface area contributed by atoms with E-state index < -0.39 is 6.17 Å². The first-order valence-electron chi connectivity index (χ1n) is 5.31. The van der Waals surface area contributed by atoms with E-state index in [4.69, 9.17) is 4.74 Å². The first-order valence-corrected chi connectivity index (χ1v) is 5.31. The third-order valence-corrected chi connectivity index (χ3v) is 2.49. The molecule has 2 atom stereocenters. The van der Waals surface area contributed by atoms with Crippen LogP contribution in [-0.2, 0) is 4.74 Å². The van der Waals surface area contributed by atoms with Gasteiger partial charge in [-0.3, -0.25) is 0 Å². The molecule has 2 heteroatoms. The molecule has 0 bridgehead atoms. The van der Waals surface area contributed by atoms with Crippen molar-refractivity contribution in [2.45, 2.75) is 32.9 Å². The number of hydrogen-bond donors (Lipinski definition) is 0. The van der Waals surface area contributed by atoms with Gasteiger partial charge in [-0.15, -0.1) is 0 Å². The monoisotopic (exact) mass is 198 g/mol. The van der Waals surface area contributed by atoms with Gasteiger partial charge in [-0.1, -0.05) is 38.5 Å². The van der Waals surface area contributed by atoms with Crippen LogP contribution < -0.4 is 0 Å². The Balaban J connectivity index is 2.17. The summed E-state index contributed by atoms with van der Waals surface area (Å²) in [6, 6.07) is 0. The standard InChI is InChI=1S/C12H19FO/c1-3-10(2)8-14-9-11-4-6-12(13)7-5-11/h4-6,10,12H,3,7-9H2,1-2H3. The fraction of sp³-hybridized carbons (Fsp3) is 0.667. The quantitative estimate of drug-likeness (QED) is 0.658. The number of ether oxygens (including phenoxy) is 1. The summed E-state index contributed by atoms with van der Waals surface area (Å²) < 4.78 is 18.2. The second kappa shape index (κ2) is 5.97. The molecular formula is C12H19FO. The lowest BCUT2D eigenvalue weighted by molar-refractivity contribution is 0.123. The van der Waals surface area contributed by atoms with Gasteiger partial charge in [0.25, 0.3) is 0 Å². The normalized spacial score (nSPS) is 23.4. The Bertz CT molecular complexity index is 220. The largest absolute Gasteiger partial charge is 0.377 e. The summed E-state index contributed by atoms with van der Waals surface area (Å²) in [4.78, 5) is 0. The zero-order valence-corrected chi connectivity index (χ0v) is 9.00. The number of halogens is 1. The van der Waals surface area contributed by atoms with E-state index in [9.17, 15) is 4.39 Å². The van der Waals surface area contributed by atoms with E-state index in [0.717, 1.165) is 18.6 Å². The van der Waals surface area contributed by atoms with Crippen LogP contribution in [0.5, 0.6) is 0 Å². The lowest BCUT2D eigenvalue weighted by Gasteiger charge is -2.12. The minimum atomic E-state index is -0.798. The lowest BCUT2D eigenvalue weighted by Crippen LogP contribution is -2.08. The van der Waals surface area contributed by atoms with Crippen LogP contribution in [0.1, 0.15) is 26.7 Å². The maximum Gasteiger partial charge on any atom is 0.122 e. The van der Waals surface area contributed by atoms with Crippen molar-refractivity contribution in [2.24, 2.45) is 5.92 Å². The van der Waals surface area contributed by atoms with Crippen molar-refractivity contribution >= 4 is 0 Å². The van der Waals surface area contributed by atoms with Gasteiger partial charge in [0.2, 0.25) is 0 Å². The molecule has 14 heavy (non-hydrogen) atoms. The molecule has 2 unspecified atom stereocenters. The average molecular weight is 198 g/mol. The van der Waals surface area contributed by atoms with Crippen LogP contribution in [0.15, 0.2) is 23.8 Å². The maximum absolute atomic E-state index is 12.7.